The minimum Gasteiger partial charge on any atom is -0.330 e. The Morgan fingerprint density at radius 1 is 1.25 bits per heavy atom. The summed E-state index contributed by atoms with van der Waals surface area (Å²) in [5, 5.41) is 0. The van der Waals surface area contributed by atoms with Gasteiger partial charge in [0, 0.05) is 29.8 Å². The zero-order chi connectivity index (χ0) is 17.0. The number of piperazine rings is 1. The van der Waals surface area contributed by atoms with Crippen LogP contribution < -0.4 is 0 Å². The fourth-order valence-corrected chi connectivity index (χ4v) is 4.63. The number of aromatic nitrogens is 1. The number of pyridine rings is 1. The highest BCUT2D eigenvalue weighted by Crippen LogP contribution is 2.58. The quantitative estimate of drug-likeness (QED) is 0.737. The lowest BCUT2D eigenvalue weighted by atomic mass is 10.1. The van der Waals surface area contributed by atoms with Crippen molar-refractivity contribution < 1.29 is 14.0 Å². The number of hydrogen-bond donors (Lipinski definition) is 0. The maximum absolute atomic E-state index is 13.9. The van der Waals surface area contributed by atoms with Gasteiger partial charge in [-0.05, 0) is 52.6 Å². The van der Waals surface area contributed by atoms with Crippen molar-refractivity contribution in [3.63, 3.8) is 0 Å². The molecule has 7 heteroatoms. The Morgan fingerprint density at radius 2 is 1.96 bits per heavy atom. The Balaban J connectivity index is 1.42. The minimum atomic E-state index is -0.543. The average molecular weight is 396 g/mol. The second kappa shape index (κ2) is 5.79. The zero-order valence-electron chi connectivity index (χ0n) is 13.4. The molecule has 1 saturated heterocycles. The Bertz CT molecular complexity index is 701. The van der Waals surface area contributed by atoms with Gasteiger partial charge in [0.2, 0.25) is 0 Å². The Kier molecular flexibility index (Phi) is 3.86. The van der Waals surface area contributed by atoms with E-state index in [1.807, 2.05) is 0 Å². The van der Waals surface area contributed by atoms with Gasteiger partial charge in [0.1, 0.15) is 5.82 Å². The van der Waals surface area contributed by atoms with Crippen LogP contribution in [0.1, 0.15) is 25.5 Å². The molecular formula is C17H19BrFN3O2. The molecule has 24 heavy (non-hydrogen) atoms. The summed E-state index contributed by atoms with van der Waals surface area (Å²) in [5.41, 5.74) is 0.184. The first-order valence-corrected chi connectivity index (χ1v) is 9.15. The van der Waals surface area contributed by atoms with E-state index < -0.39 is 17.6 Å². The Morgan fingerprint density at radius 3 is 2.62 bits per heavy atom. The van der Waals surface area contributed by atoms with Crippen LogP contribution in [0.5, 0.6) is 0 Å². The normalized spacial score (nSPS) is 32.3. The summed E-state index contributed by atoms with van der Waals surface area (Å²) in [6.07, 6.45) is 3.54. The van der Waals surface area contributed by atoms with E-state index >= 15 is 0 Å². The summed E-state index contributed by atoms with van der Waals surface area (Å²) in [5.74, 6) is 0.780. The van der Waals surface area contributed by atoms with E-state index in [2.05, 4.69) is 27.8 Å². The number of carbonyl (C=O) groups excluding carboxylic acids is 2. The summed E-state index contributed by atoms with van der Waals surface area (Å²) in [6, 6.07) is 1.52. The highest BCUT2D eigenvalue weighted by molar-refractivity contribution is 9.10. The molecule has 0 aromatic carbocycles. The number of carbonyl (C=O) groups is 2. The van der Waals surface area contributed by atoms with Crippen LogP contribution in [-0.4, -0.2) is 45.7 Å². The lowest BCUT2D eigenvalue weighted by Gasteiger charge is -2.37. The van der Waals surface area contributed by atoms with Crippen molar-refractivity contribution in [3.8, 4) is 0 Å². The van der Waals surface area contributed by atoms with Gasteiger partial charge < -0.3 is 9.80 Å². The van der Waals surface area contributed by atoms with Gasteiger partial charge in [0.05, 0.1) is 12.2 Å². The second-order valence-electron chi connectivity index (χ2n) is 7.12. The number of halogens is 2. The van der Waals surface area contributed by atoms with E-state index in [9.17, 15) is 14.0 Å². The van der Waals surface area contributed by atoms with Crippen molar-refractivity contribution >= 4 is 27.7 Å². The highest BCUT2D eigenvalue weighted by atomic mass is 79.9. The maximum atomic E-state index is 13.9. The molecule has 2 saturated carbocycles. The summed E-state index contributed by atoms with van der Waals surface area (Å²) in [6.45, 7) is 3.26. The fourth-order valence-electron chi connectivity index (χ4n) is 4.32. The number of amides is 2. The van der Waals surface area contributed by atoms with Gasteiger partial charge in [-0.3, -0.25) is 14.6 Å². The van der Waals surface area contributed by atoms with Gasteiger partial charge in [-0.25, -0.2) is 4.39 Å². The lowest BCUT2D eigenvalue weighted by molar-refractivity contribution is -0.158. The molecule has 2 amide bonds. The van der Waals surface area contributed by atoms with Crippen LogP contribution in [-0.2, 0) is 16.1 Å². The van der Waals surface area contributed by atoms with Crippen molar-refractivity contribution in [3.05, 3.63) is 28.2 Å². The largest absolute Gasteiger partial charge is 0.330 e. The standard InChI is InChI=1S/C17H19BrFN3O2/c1-9-12-5-11(6-13(9)12)22-3-2-21(16(23)17(22)24)8-15-14(19)4-10(18)7-20-15/h4,7,9,11-13H,2-3,5-6,8H2,1H3. The minimum absolute atomic E-state index is 0.0322. The molecule has 4 rings (SSSR count). The molecule has 2 aliphatic carbocycles. The second-order valence-corrected chi connectivity index (χ2v) is 8.04. The molecule has 3 fully saturated rings. The van der Waals surface area contributed by atoms with Crippen LogP contribution in [0.4, 0.5) is 4.39 Å². The molecule has 2 heterocycles. The SMILES string of the molecule is CC1C2CC(N3CCN(Cc4ncc(Br)cc4F)C(=O)C3=O)CC12. The summed E-state index contributed by atoms with van der Waals surface area (Å²) >= 11 is 3.16. The zero-order valence-corrected chi connectivity index (χ0v) is 15.0. The van der Waals surface area contributed by atoms with Crippen LogP contribution in [0.3, 0.4) is 0 Å². The molecule has 2 atom stereocenters. The molecule has 1 aromatic heterocycles. The average Bonchev–Trinajstić information content (AvgIpc) is 2.96. The van der Waals surface area contributed by atoms with Gasteiger partial charge in [-0.2, -0.15) is 0 Å². The van der Waals surface area contributed by atoms with Crippen LogP contribution in [0, 0.1) is 23.6 Å². The molecule has 0 radical (unpaired) electrons. The van der Waals surface area contributed by atoms with Crippen molar-refractivity contribution in [1.82, 2.24) is 14.8 Å². The third kappa shape index (κ3) is 2.62. The summed E-state index contributed by atoms with van der Waals surface area (Å²) < 4.78 is 14.5. The van der Waals surface area contributed by atoms with Crippen LogP contribution in [0.2, 0.25) is 0 Å². The number of rotatable bonds is 3. The van der Waals surface area contributed by atoms with Crippen LogP contribution >= 0.6 is 15.9 Å². The third-order valence-corrected chi connectivity index (χ3v) is 6.29. The molecule has 3 aliphatic rings. The first kappa shape index (κ1) is 16.0. The molecule has 1 aromatic rings. The van der Waals surface area contributed by atoms with E-state index in [1.54, 1.807) is 4.90 Å². The lowest BCUT2D eigenvalue weighted by Crippen LogP contribution is -2.56. The first-order valence-electron chi connectivity index (χ1n) is 8.35. The number of hydrogen-bond acceptors (Lipinski definition) is 3. The number of fused-ring (bicyclic) bond motifs is 1. The van der Waals surface area contributed by atoms with Crippen molar-refractivity contribution in [2.75, 3.05) is 13.1 Å². The van der Waals surface area contributed by atoms with E-state index in [-0.39, 0.29) is 18.3 Å². The molecule has 2 unspecified atom stereocenters. The summed E-state index contributed by atoms with van der Waals surface area (Å²) in [7, 11) is 0. The van der Waals surface area contributed by atoms with Crippen LogP contribution in [0.25, 0.3) is 0 Å². The molecule has 1 aliphatic heterocycles. The molecule has 0 spiro atoms. The number of nitrogens with zero attached hydrogens (tertiary/aromatic N) is 3. The van der Waals surface area contributed by atoms with Gasteiger partial charge >= 0.3 is 11.8 Å². The van der Waals surface area contributed by atoms with Gasteiger partial charge in [-0.15, -0.1) is 0 Å². The topological polar surface area (TPSA) is 53.5 Å². The van der Waals surface area contributed by atoms with E-state index in [1.165, 1.54) is 17.2 Å². The predicted molar refractivity (Wildman–Crippen MR) is 88.2 cm³/mol. The van der Waals surface area contributed by atoms with Crippen molar-refractivity contribution in [2.45, 2.75) is 32.4 Å². The maximum Gasteiger partial charge on any atom is 0.312 e. The van der Waals surface area contributed by atoms with E-state index in [0.717, 1.165) is 30.6 Å². The van der Waals surface area contributed by atoms with Gasteiger partial charge in [0.15, 0.2) is 0 Å². The third-order valence-electron chi connectivity index (χ3n) is 5.86. The van der Waals surface area contributed by atoms with E-state index in [0.29, 0.717) is 17.6 Å². The van der Waals surface area contributed by atoms with Crippen LogP contribution in [0.15, 0.2) is 16.7 Å². The molecular weight excluding hydrogens is 377 g/mol. The molecule has 128 valence electrons. The van der Waals surface area contributed by atoms with Crippen molar-refractivity contribution in [2.24, 2.45) is 17.8 Å². The Labute approximate surface area is 148 Å². The van der Waals surface area contributed by atoms with Gasteiger partial charge in [-0.1, -0.05) is 6.92 Å². The van der Waals surface area contributed by atoms with E-state index in [4.69, 9.17) is 0 Å². The smallest absolute Gasteiger partial charge is 0.312 e. The first-order chi connectivity index (χ1) is 11.5. The highest BCUT2D eigenvalue weighted by Gasteiger charge is 2.55. The van der Waals surface area contributed by atoms with Gasteiger partial charge in [0.25, 0.3) is 0 Å². The molecule has 0 N–H and O–H groups in total. The molecule has 5 nitrogen and oxygen atoms in total. The molecule has 0 bridgehead atoms. The Hall–Kier alpha value is -1.50. The monoisotopic (exact) mass is 395 g/mol. The van der Waals surface area contributed by atoms with Crippen molar-refractivity contribution in [1.29, 1.82) is 0 Å². The summed E-state index contributed by atoms with van der Waals surface area (Å²) in [4.78, 5) is 32.0. The fraction of sp³-hybridized carbons (Fsp3) is 0.588. The predicted octanol–water partition coefficient (Wildman–Crippen LogP) is 2.20.